The summed E-state index contributed by atoms with van der Waals surface area (Å²) < 4.78 is 0. The van der Waals surface area contributed by atoms with Gasteiger partial charge in [-0.05, 0) is 75.3 Å². The fraction of sp³-hybridized carbons (Fsp3) is 0.333. The highest BCUT2D eigenvalue weighted by Gasteiger charge is 2.23. The Labute approximate surface area is 165 Å². The van der Waals surface area contributed by atoms with Crippen LogP contribution >= 0.6 is 0 Å². The van der Waals surface area contributed by atoms with Crippen LogP contribution in [0.3, 0.4) is 0 Å². The lowest BCUT2D eigenvalue weighted by Gasteiger charge is -2.21. The predicted molar refractivity (Wildman–Crippen MR) is 120 cm³/mol. The molecule has 0 fully saturated rings. The third kappa shape index (κ3) is 3.86. The average Bonchev–Trinajstić information content (AvgIpc) is 3.19. The van der Waals surface area contributed by atoms with E-state index in [1.165, 1.54) is 50.1 Å². The lowest BCUT2D eigenvalue weighted by atomic mass is 9.83. The summed E-state index contributed by atoms with van der Waals surface area (Å²) in [5.41, 5.74) is 13.0. The van der Waals surface area contributed by atoms with Gasteiger partial charge in [0.25, 0.3) is 0 Å². The summed E-state index contributed by atoms with van der Waals surface area (Å²) in [6.07, 6.45) is 13.6. The van der Waals surface area contributed by atoms with Crippen LogP contribution < -0.4 is 0 Å². The van der Waals surface area contributed by atoms with Crippen LogP contribution in [0.15, 0.2) is 82.5 Å². The van der Waals surface area contributed by atoms with Crippen molar-refractivity contribution in [3.63, 3.8) is 0 Å². The maximum absolute atomic E-state index is 2.40. The van der Waals surface area contributed by atoms with Crippen molar-refractivity contribution in [1.29, 1.82) is 0 Å². The van der Waals surface area contributed by atoms with Gasteiger partial charge in [0, 0.05) is 5.92 Å². The van der Waals surface area contributed by atoms with Crippen molar-refractivity contribution >= 4 is 11.1 Å². The molecule has 0 bridgehead atoms. The highest BCUT2D eigenvalue weighted by atomic mass is 14.3. The molecular weight excluding hydrogens is 324 g/mol. The first-order valence-corrected chi connectivity index (χ1v) is 10.1. The second-order valence-corrected chi connectivity index (χ2v) is 7.95. The van der Waals surface area contributed by atoms with E-state index in [0.29, 0.717) is 5.92 Å². The molecule has 0 heteroatoms. The van der Waals surface area contributed by atoms with Gasteiger partial charge in [0.2, 0.25) is 0 Å². The molecule has 3 rings (SSSR count). The molecule has 1 atom stereocenters. The second-order valence-electron chi connectivity index (χ2n) is 7.95. The first kappa shape index (κ1) is 19.4. The van der Waals surface area contributed by atoms with Gasteiger partial charge in [-0.15, -0.1) is 0 Å². The van der Waals surface area contributed by atoms with Crippen molar-refractivity contribution in [3.05, 3.63) is 93.6 Å². The minimum absolute atomic E-state index is 0.422. The van der Waals surface area contributed by atoms with E-state index in [0.717, 1.165) is 12.8 Å². The van der Waals surface area contributed by atoms with Gasteiger partial charge in [0.05, 0.1) is 0 Å². The van der Waals surface area contributed by atoms with Crippen molar-refractivity contribution in [3.8, 4) is 0 Å². The summed E-state index contributed by atoms with van der Waals surface area (Å²) >= 11 is 0. The number of rotatable bonds is 5. The van der Waals surface area contributed by atoms with E-state index < -0.39 is 0 Å². The Kier molecular flexibility index (Phi) is 5.85. The quantitative estimate of drug-likeness (QED) is 0.500. The molecule has 0 spiro atoms. The van der Waals surface area contributed by atoms with Crippen molar-refractivity contribution in [1.82, 2.24) is 0 Å². The summed E-state index contributed by atoms with van der Waals surface area (Å²) in [5.74, 6) is 0.422. The summed E-state index contributed by atoms with van der Waals surface area (Å²) in [6.45, 7) is 13.4. The minimum atomic E-state index is 0.422. The smallest absolute Gasteiger partial charge is 0.00292 e. The Morgan fingerprint density at radius 2 is 1.70 bits per heavy atom. The molecule has 2 aliphatic carbocycles. The maximum Gasteiger partial charge on any atom is 0.00292 e. The third-order valence-electron chi connectivity index (χ3n) is 6.09. The molecule has 27 heavy (non-hydrogen) atoms. The Bertz CT molecular complexity index is 923. The van der Waals surface area contributed by atoms with Gasteiger partial charge < -0.3 is 0 Å². The Balaban J connectivity index is 1.95. The van der Waals surface area contributed by atoms with E-state index in [1.54, 1.807) is 0 Å². The van der Waals surface area contributed by atoms with Crippen molar-refractivity contribution in [2.24, 2.45) is 5.92 Å². The van der Waals surface area contributed by atoms with Crippen LogP contribution in [0.25, 0.3) is 11.1 Å². The lowest BCUT2D eigenvalue weighted by Crippen LogP contribution is -2.04. The van der Waals surface area contributed by atoms with Crippen molar-refractivity contribution in [2.45, 2.75) is 54.4 Å². The standard InChI is InChI=1S/C27H32/c1-7-11-22-17-23(16-20(22)5)21(6)25(8-2)27-13-10-9-12-26(27)24-14-18(3)19(4)15-24/h7-14,17,21H,15-16H2,1-6H3. The Hall–Kier alpha value is -2.34. The zero-order chi connectivity index (χ0) is 19.6. The van der Waals surface area contributed by atoms with Crippen LogP contribution in [0.5, 0.6) is 0 Å². The van der Waals surface area contributed by atoms with Crippen LogP contribution in [-0.4, -0.2) is 0 Å². The number of benzene rings is 1. The summed E-state index contributed by atoms with van der Waals surface area (Å²) in [4.78, 5) is 0. The van der Waals surface area contributed by atoms with E-state index >= 15 is 0 Å². The minimum Gasteiger partial charge on any atom is -0.0871 e. The van der Waals surface area contributed by atoms with E-state index in [4.69, 9.17) is 0 Å². The third-order valence-corrected chi connectivity index (χ3v) is 6.09. The van der Waals surface area contributed by atoms with E-state index in [1.807, 2.05) is 0 Å². The van der Waals surface area contributed by atoms with E-state index in [2.05, 4.69) is 96.2 Å². The highest BCUT2D eigenvalue weighted by molar-refractivity contribution is 5.84. The average molecular weight is 357 g/mol. The molecule has 0 heterocycles. The van der Waals surface area contributed by atoms with Crippen molar-refractivity contribution in [2.75, 3.05) is 0 Å². The molecular formula is C27H32. The van der Waals surface area contributed by atoms with Gasteiger partial charge >= 0.3 is 0 Å². The molecule has 1 aromatic carbocycles. The molecule has 0 aromatic heterocycles. The van der Waals surface area contributed by atoms with Gasteiger partial charge in [-0.1, -0.05) is 83.9 Å². The summed E-state index contributed by atoms with van der Waals surface area (Å²) in [5, 5.41) is 0. The topological polar surface area (TPSA) is 0 Å². The molecule has 0 saturated carbocycles. The van der Waals surface area contributed by atoms with Gasteiger partial charge in [-0.25, -0.2) is 0 Å². The van der Waals surface area contributed by atoms with E-state index in [9.17, 15) is 0 Å². The number of hydrogen-bond donors (Lipinski definition) is 0. The molecule has 0 saturated heterocycles. The highest BCUT2D eigenvalue weighted by Crippen LogP contribution is 2.41. The van der Waals surface area contributed by atoms with Crippen LogP contribution in [0, 0.1) is 5.92 Å². The Morgan fingerprint density at radius 1 is 0.963 bits per heavy atom. The van der Waals surface area contributed by atoms with E-state index in [-0.39, 0.29) is 0 Å². The summed E-state index contributed by atoms with van der Waals surface area (Å²) in [6, 6.07) is 8.94. The van der Waals surface area contributed by atoms with Gasteiger partial charge in [-0.2, -0.15) is 0 Å². The van der Waals surface area contributed by atoms with Crippen LogP contribution in [0.1, 0.15) is 65.5 Å². The fourth-order valence-electron chi connectivity index (χ4n) is 4.32. The summed E-state index contributed by atoms with van der Waals surface area (Å²) in [7, 11) is 0. The zero-order valence-corrected chi connectivity index (χ0v) is 17.7. The molecule has 140 valence electrons. The fourth-order valence-corrected chi connectivity index (χ4v) is 4.32. The molecule has 0 N–H and O–H groups in total. The molecule has 0 nitrogen and oxygen atoms in total. The molecule has 0 radical (unpaired) electrons. The van der Waals surface area contributed by atoms with Crippen LogP contribution in [0.4, 0.5) is 0 Å². The number of allylic oxidation sites excluding steroid dienone is 12. The number of hydrogen-bond acceptors (Lipinski definition) is 0. The molecule has 2 aliphatic rings. The largest absolute Gasteiger partial charge is 0.0871 e. The lowest BCUT2D eigenvalue weighted by molar-refractivity contribution is 0.847. The maximum atomic E-state index is 2.40. The monoisotopic (exact) mass is 356 g/mol. The predicted octanol–water partition coefficient (Wildman–Crippen LogP) is 8.07. The normalized spacial score (nSPS) is 19.3. The molecule has 1 aromatic rings. The zero-order valence-electron chi connectivity index (χ0n) is 17.7. The first-order valence-electron chi connectivity index (χ1n) is 10.1. The van der Waals surface area contributed by atoms with Crippen molar-refractivity contribution < 1.29 is 0 Å². The molecule has 0 aliphatic heterocycles. The molecule has 1 unspecified atom stereocenters. The SMILES string of the molecule is CC=CC1=C(C)CC(C(C)C(=CC)c2ccccc2C2=CC(C)=C(C)C2)=C1. The van der Waals surface area contributed by atoms with Gasteiger partial charge in [0.1, 0.15) is 0 Å². The van der Waals surface area contributed by atoms with Crippen LogP contribution in [-0.2, 0) is 0 Å². The first-order chi connectivity index (χ1) is 13.0. The van der Waals surface area contributed by atoms with Gasteiger partial charge in [0.15, 0.2) is 0 Å². The second kappa shape index (κ2) is 8.13. The Morgan fingerprint density at radius 3 is 2.33 bits per heavy atom. The van der Waals surface area contributed by atoms with Crippen LogP contribution in [0.2, 0.25) is 0 Å². The molecule has 0 amide bonds. The van der Waals surface area contributed by atoms with Gasteiger partial charge in [-0.3, -0.25) is 0 Å².